The number of benzene rings is 1. The zero-order chi connectivity index (χ0) is 10.2. The Labute approximate surface area is 96.2 Å². The normalized spacial score (nSPS) is 12.7. The van der Waals surface area contributed by atoms with Gasteiger partial charge in [-0.25, -0.2) is 0 Å². The number of aryl methyl sites for hydroxylation is 1. The minimum Gasteiger partial charge on any atom is -0.125 e. The minimum absolute atomic E-state index is 0.146. The van der Waals surface area contributed by atoms with Gasteiger partial charge >= 0.3 is 0 Å². The van der Waals surface area contributed by atoms with Gasteiger partial charge in [-0.15, -0.1) is 23.2 Å². The first-order chi connectivity index (χ1) is 6.83. The number of rotatable bonds is 6. The Bertz CT molecular complexity index is 233. The molecule has 1 aromatic rings. The highest BCUT2D eigenvalue weighted by atomic mass is 35.5. The van der Waals surface area contributed by atoms with Gasteiger partial charge in [0.05, 0.1) is 0 Å². The molecule has 1 atom stereocenters. The zero-order valence-corrected chi connectivity index (χ0v) is 9.77. The largest absolute Gasteiger partial charge is 0.125 e. The molecule has 0 aromatic heterocycles. The molecule has 1 aromatic carbocycles. The fourth-order valence-electron chi connectivity index (χ4n) is 1.42. The molecular weight excluding hydrogens is 215 g/mol. The predicted molar refractivity (Wildman–Crippen MR) is 64.4 cm³/mol. The molecule has 78 valence electrons. The maximum absolute atomic E-state index is 5.92. The monoisotopic (exact) mass is 230 g/mol. The van der Waals surface area contributed by atoms with Crippen molar-refractivity contribution in [1.29, 1.82) is 0 Å². The lowest BCUT2D eigenvalue weighted by Crippen LogP contribution is -1.99. The summed E-state index contributed by atoms with van der Waals surface area (Å²) in [7, 11) is 0. The summed E-state index contributed by atoms with van der Waals surface area (Å²) in [4.78, 5) is 0. The summed E-state index contributed by atoms with van der Waals surface area (Å²) in [6.07, 6.45) is 4.53. The smallest absolute Gasteiger partial charge is 0.0471 e. The SMILES string of the molecule is ClCC(Cl)CCCCc1ccccc1. The van der Waals surface area contributed by atoms with Crippen LogP contribution in [0.15, 0.2) is 30.3 Å². The van der Waals surface area contributed by atoms with Gasteiger partial charge in [-0.3, -0.25) is 0 Å². The molecule has 0 amide bonds. The van der Waals surface area contributed by atoms with Crippen molar-refractivity contribution in [3.8, 4) is 0 Å². The van der Waals surface area contributed by atoms with Crippen molar-refractivity contribution in [2.75, 3.05) is 5.88 Å². The lowest BCUT2D eigenvalue weighted by molar-refractivity contribution is 0.673. The van der Waals surface area contributed by atoms with Crippen molar-refractivity contribution in [3.63, 3.8) is 0 Å². The van der Waals surface area contributed by atoms with E-state index in [-0.39, 0.29) is 5.38 Å². The first-order valence-corrected chi connectivity index (χ1v) is 6.04. The average Bonchev–Trinajstić information content (AvgIpc) is 2.25. The molecule has 1 unspecified atom stereocenters. The van der Waals surface area contributed by atoms with Gasteiger partial charge in [0.2, 0.25) is 0 Å². The van der Waals surface area contributed by atoms with Crippen LogP contribution in [0.3, 0.4) is 0 Å². The Balaban J connectivity index is 2.10. The van der Waals surface area contributed by atoms with Crippen LogP contribution in [0.5, 0.6) is 0 Å². The van der Waals surface area contributed by atoms with E-state index in [4.69, 9.17) is 23.2 Å². The van der Waals surface area contributed by atoms with Crippen molar-refractivity contribution in [3.05, 3.63) is 35.9 Å². The number of halogens is 2. The number of hydrogen-bond donors (Lipinski definition) is 0. The van der Waals surface area contributed by atoms with E-state index in [1.54, 1.807) is 0 Å². The van der Waals surface area contributed by atoms with Gasteiger partial charge < -0.3 is 0 Å². The fraction of sp³-hybridized carbons (Fsp3) is 0.500. The second-order valence-electron chi connectivity index (χ2n) is 3.48. The van der Waals surface area contributed by atoms with Gasteiger partial charge in [-0.2, -0.15) is 0 Å². The molecule has 0 aliphatic carbocycles. The van der Waals surface area contributed by atoms with Crippen LogP contribution in [0.4, 0.5) is 0 Å². The summed E-state index contributed by atoms with van der Waals surface area (Å²) in [6.45, 7) is 0. The maximum atomic E-state index is 5.92. The Morgan fingerprint density at radius 2 is 1.79 bits per heavy atom. The standard InChI is InChI=1S/C12H16Cl2/c13-10-12(14)9-5-4-8-11-6-2-1-3-7-11/h1-3,6-7,12H,4-5,8-10H2. The van der Waals surface area contributed by atoms with E-state index in [0.29, 0.717) is 5.88 Å². The average molecular weight is 231 g/mol. The molecule has 0 fully saturated rings. The maximum Gasteiger partial charge on any atom is 0.0471 e. The van der Waals surface area contributed by atoms with E-state index in [1.165, 1.54) is 12.0 Å². The van der Waals surface area contributed by atoms with Gasteiger partial charge in [-0.05, 0) is 24.8 Å². The number of alkyl halides is 2. The summed E-state index contributed by atoms with van der Waals surface area (Å²) in [5, 5.41) is 0.146. The lowest BCUT2D eigenvalue weighted by Gasteiger charge is -2.04. The second-order valence-corrected chi connectivity index (χ2v) is 4.41. The number of hydrogen-bond acceptors (Lipinski definition) is 0. The summed E-state index contributed by atoms with van der Waals surface area (Å²) in [6, 6.07) is 10.5. The Morgan fingerprint density at radius 1 is 1.07 bits per heavy atom. The molecule has 0 aliphatic rings. The van der Waals surface area contributed by atoms with E-state index in [2.05, 4.69) is 24.3 Å². The van der Waals surface area contributed by atoms with Gasteiger partial charge in [0.25, 0.3) is 0 Å². The summed E-state index contributed by atoms with van der Waals surface area (Å²) >= 11 is 11.5. The molecule has 0 radical (unpaired) electrons. The Kier molecular flexibility index (Phi) is 6.05. The Morgan fingerprint density at radius 3 is 2.43 bits per heavy atom. The number of unbranched alkanes of at least 4 members (excludes halogenated alkanes) is 1. The quantitative estimate of drug-likeness (QED) is 0.507. The molecule has 0 aliphatic heterocycles. The van der Waals surface area contributed by atoms with Gasteiger partial charge in [-0.1, -0.05) is 36.8 Å². The molecule has 0 N–H and O–H groups in total. The molecule has 1 rings (SSSR count). The molecule has 0 saturated carbocycles. The van der Waals surface area contributed by atoms with Crippen molar-refractivity contribution < 1.29 is 0 Å². The third kappa shape index (κ3) is 4.88. The molecular formula is C12H16Cl2. The Hall–Kier alpha value is -0.200. The molecule has 2 heteroatoms. The van der Waals surface area contributed by atoms with Crippen LogP contribution in [0.2, 0.25) is 0 Å². The van der Waals surface area contributed by atoms with E-state index in [0.717, 1.165) is 19.3 Å². The highest BCUT2D eigenvalue weighted by Crippen LogP contribution is 2.11. The van der Waals surface area contributed by atoms with E-state index >= 15 is 0 Å². The highest BCUT2D eigenvalue weighted by Gasteiger charge is 2.01. The van der Waals surface area contributed by atoms with Gasteiger partial charge in [0.1, 0.15) is 0 Å². The van der Waals surface area contributed by atoms with Crippen LogP contribution in [-0.4, -0.2) is 11.3 Å². The minimum atomic E-state index is 0.146. The molecule has 0 nitrogen and oxygen atoms in total. The summed E-state index contributed by atoms with van der Waals surface area (Å²) < 4.78 is 0. The van der Waals surface area contributed by atoms with Crippen molar-refractivity contribution in [2.24, 2.45) is 0 Å². The van der Waals surface area contributed by atoms with Crippen LogP contribution < -0.4 is 0 Å². The van der Waals surface area contributed by atoms with Gasteiger partial charge in [0, 0.05) is 11.3 Å². The molecule has 0 bridgehead atoms. The van der Waals surface area contributed by atoms with Crippen molar-refractivity contribution in [2.45, 2.75) is 31.1 Å². The van der Waals surface area contributed by atoms with Crippen LogP contribution in [0.1, 0.15) is 24.8 Å². The topological polar surface area (TPSA) is 0 Å². The van der Waals surface area contributed by atoms with Gasteiger partial charge in [0.15, 0.2) is 0 Å². The van der Waals surface area contributed by atoms with Crippen LogP contribution in [0.25, 0.3) is 0 Å². The van der Waals surface area contributed by atoms with Crippen molar-refractivity contribution >= 4 is 23.2 Å². The van der Waals surface area contributed by atoms with E-state index in [1.807, 2.05) is 6.07 Å². The summed E-state index contributed by atoms with van der Waals surface area (Å²) in [5.41, 5.74) is 1.41. The molecule has 0 spiro atoms. The third-order valence-corrected chi connectivity index (χ3v) is 3.15. The molecule has 0 saturated heterocycles. The summed E-state index contributed by atoms with van der Waals surface area (Å²) in [5.74, 6) is 0.562. The second kappa shape index (κ2) is 7.14. The molecule has 14 heavy (non-hydrogen) atoms. The fourth-order valence-corrected chi connectivity index (χ4v) is 1.73. The van der Waals surface area contributed by atoms with Crippen molar-refractivity contribution in [1.82, 2.24) is 0 Å². The van der Waals surface area contributed by atoms with E-state index in [9.17, 15) is 0 Å². The van der Waals surface area contributed by atoms with Crippen LogP contribution >= 0.6 is 23.2 Å². The zero-order valence-electron chi connectivity index (χ0n) is 8.26. The van der Waals surface area contributed by atoms with E-state index < -0.39 is 0 Å². The van der Waals surface area contributed by atoms with Crippen LogP contribution in [0, 0.1) is 0 Å². The van der Waals surface area contributed by atoms with Crippen LogP contribution in [-0.2, 0) is 6.42 Å². The lowest BCUT2D eigenvalue weighted by atomic mass is 10.1. The molecule has 0 heterocycles. The highest BCUT2D eigenvalue weighted by molar-refractivity contribution is 6.28. The first kappa shape index (κ1) is 11.9. The first-order valence-electron chi connectivity index (χ1n) is 5.07. The third-order valence-electron chi connectivity index (χ3n) is 2.24. The predicted octanol–water partition coefficient (Wildman–Crippen LogP) is 4.25.